The summed E-state index contributed by atoms with van der Waals surface area (Å²) in [7, 11) is 0. The topological polar surface area (TPSA) is 80.0 Å². The van der Waals surface area contributed by atoms with Crippen molar-refractivity contribution < 1.29 is 4.79 Å². The van der Waals surface area contributed by atoms with Crippen LogP contribution in [0, 0.1) is 6.92 Å². The van der Waals surface area contributed by atoms with Crippen molar-refractivity contribution in [2.45, 2.75) is 6.92 Å². The molecule has 1 aromatic heterocycles. The van der Waals surface area contributed by atoms with Crippen molar-refractivity contribution in [1.82, 2.24) is 4.98 Å². The molecule has 0 aliphatic carbocycles. The summed E-state index contributed by atoms with van der Waals surface area (Å²) in [6, 6.07) is 8.82. The minimum absolute atomic E-state index is 0.198. The first kappa shape index (κ1) is 13.5. The number of amides is 1. The number of aromatic nitrogens is 1. The highest BCUT2D eigenvalue weighted by Crippen LogP contribution is 2.16. The van der Waals surface area contributed by atoms with Crippen LogP contribution in [-0.4, -0.2) is 10.9 Å². The smallest absolute Gasteiger partial charge is 0.257 e. The minimum Gasteiger partial charge on any atom is -0.324 e. The molecule has 2 rings (SSSR count). The lowest BCUT2D eigenvalue weighted by Gasteiger charge is -2.08. The molecule has 0 aliphatic heterocycles. The zero-order valence-corrected chi connectivity index (χ0v) is 11.9. The number of carbonyl (C=O) groups is 1. The molecular formula is C13H13BrN4O. The summed E-state index contributed by atoms with van der Waals surface area (Å²) in [5.74, 6) is 5.63. The van der Waals surface area contributed by atoms with E-state index in [1.165, 1.54) is 0 Å². The number of hydrogen-bond donors (Lipinski definition) is 3. The van der Waals surface area contributed by atoms with Crippen LogP contribution in [0.25, 0.3) is 0 Å². The van der Waals surface area contributed by atoms with Gasteiger partial charge >= 0.3 is 0 Å². The molecular weight excluding hydrogens is 308 g/mol. The predicted octanol–water partition coefficient (Wildman–Crippen LogP) is 2.69. The number of hydrazine groups is 1. The van der Waals surface area contributed by atoms with E-state index in [0.29, 0.717) is 11.4 Å². The van der Waals surface area contributed by atoms with Crippen LogP contribution in [0.5, 0.6) is 0 Å². The molecule has 0 saturated heterocycles. The number of nitrogen functional groups attached to an aromatic ring is 1. The average molecular weight is 321 g/mol. The van der Waals surface area contributed by atoms with E-state index in [2.05, 4.69) is 31.7 Å². The molecule has 0 atom stereocenters. The van der Waals surface area contributed by atoms with Crippen LogP contribution in [0.3, 0.4) is 0 Å². The molecule has 1 heterocycles. The summed E-state index contributed by atoms with van der Waals surface area (Å²) in [4.78, 5) is 16.2. The normalized spacial score (nSPS) is 10.1. The van der Waals surface area contributed by atoms with E-state index in [0.717, 1.165) is 15.7 Å². The van der Waals surface area contributed by atoms with Crippen LogP contribution >= 0.6 is 15.9 Å². The molecule has 1 aromatic carbocycles. The monoisotopic (exact) mass is 320 g/mol. The van der Waals surface area contributed by atoms with Crippen LogP contribution in [0.15, 0.2) is 41.0 Å². The summed E-state index contributed by atoms with van der Waals surface area (Å²) in [5.41, 5.74) is 4.73. The maximum absolute atomic E-state index is 12.1. The second-order valence-corrected chi connectivity index (χ2v) is 4.91. The SMILES string of the molecule is Cc1cc(NN)ccc1C(=O)Nc1ccc(Br)cn1. The fraction of sp³-hybridized carbons (Fsp3) is 0.0769. The second-order valence-electron chi connectivity index (χ2n) is 3.99. The fourth-order valence-electron chi connectivity index (χ4n) is 1.64. The van der Waals surface area contributed by atoms with Crippen LogP contribution in [0.4, 0.5) is 11.5 Å². The van der Waals surface area contributed by atoms with Gasteiger partial charge in [-0.3, -0.25) is 10.6 Å². The lowest BCUT2D eigenvalue weighted by molar-refractivity contribution is 0.102. The Labute approximate surface area is 119 Å². The van der Waals surface area contributed by atoms with E-state index in [1.54, 1.807) is 24.4 Å². The van der Waals surface area contributed by atoms with Gasteiger partial charge in [-0.1, -0.05) is 0 Å². The molecule has 0 bridgehead atoms. The second kappa shape index (κ2) is 5.81. The predicted molar refractivity (Wildman–Crippen MR) is 78.9 cm³/mol. The fourth-order valence-corrected chi connectivity index (χ4v) is 1.88. The molecule has 0 unspecified atom stereocenters. The van der Waals surface area contributed by atoms with E-state index in [9.17, 15) is 4.79 Å². The third kappa shape index (κ3) is 3.30. The maximum Gasteiger partial charge on any atom is 0.257 e. The number of rotatable bonds is 3. The van der Waals surface area contributed by atoms with Gasteiger partial charge < -0.3 is 10.7 Å². The number of pyridine rings is 1. The van der Waals surface area contributed by atoms with Crippen LogP contribution in [-0.2, 0) is 0 Å². The van der Waals surface area contributed by atoms with Crippen molar-refractivity contribution in [3.63, 3.8) is 0 Å². The molecule has 0 radical (unpaired) electrons. The molecule has 4 N–H and O–H groups in total. The molecule has 2 aromatic rings. The number of hydrogen-bond acceptors (Lipinski definition) is 4. The molecule has 0 saturated carbocycles. The van der Waals surface area contributed by atoms with E-state index < -0.39 is 0 Å². The molecule has 19 heavy (non-hydrogen) atoms. The Balaban J connectivity index is 2.18. The standard InChI is InChI=1S/C13H13BrN4O/c1-8-6-10(18-15)3-4-11(8)13(19)17-12-5-2-9(14)7-16-12/h2-7,18H,15H2,1H3,(H,16,17,19). The van der Waals surface area contributed by atoms with Crippen molar-refractivity contribution in [2.24, 2.45) is 5.84 Å². The van der Waals surface area contributed by atoms with Gasteiger partial charge in [-0.05, 0) is 58.7 Å². The quantitative estimate of drug-likeness (QED) is 0.600. The van der Waals surface area contributed by atoms with Gasteiger partial charge in [-0.15, -0.1) is 0 Å². The zero-order valence-electron chi connectivity index (χ0n) is 10.3. The molecule has 98 valence electrons. The Bertz CT molecular complexity index is 598. The third-order valence-corrected chi connectivity index (χ3v) is 3.08. The Kier molecular flexibility index (Phi) is 4.13. The van der Waals surface area contributed by atoms with E-state index in [4.69, 9.17) is 5.84 Å². The Morgan fingerprint density at radius 3 is 2.68 bits per heavy atom. The van der Waals surface area contributed by atoms with E-state index >= 15 is 0 Å². The number of nitrogens with one attached hydrogen (secondary N) is 2. The van der Waals surface area contributed by atoms with Gasteiger partial charge in [-0.2, -0.15) is 0 Å². The third-order valence-electron chi connectivity index (χ3n) is 2.61. The van der Waals surface area contributed by atoms with E-state index in [-0.39, 0.29) is 5.91 Å². The molecule has 1 amide bonds. The van der Waals surface area contributed by atoms with Crippen LogP contribution < -0.4 is 16.6 Å². The van der Waals surface area contributed by atoms with Gasteiger partial charge in [-0.25, -0.2) is 4.98 Å². The first-order valence-corrected chi connectivity index (χ1v) is 6.39. The summed E-state index contributed by atoms with van der Waals surface area (Å²) < 4.78 is 0.861. The summed E-state index contributed by atoms with van der Waals surface area (Å²) in [5, 5.41) is 2.74. The van der Waals surface area contributed by atoms with Crippen molar-refractivity contribution >= 4 is 33.3 Å². The van der Waals surface area contributed by atoms with Crippen molar-refractivity contribution in [3.8, 4) is 0 Å². The number of nitrogens with zero attached hydrogens (tertiary/aromatic N) is 1. The Morgan fingerprint density at radius 1 is 1.32 bits per heavy atom. The molecule has 5 nitrogen and oxygen atoms in total. The highest BCUT2D eigenvalue weighted by molar-refractivity contribution is 9.10. The maximum atomic E-state index is 12.1. The highest BCUT2D eigenvalue weighted by Gasteiger charge is 2.10. The summed E-state index contributed by atoms with van der Waals surface area (Å²) in [6.45, 7) is 1.85. The number of benzene rings is 1. The van der Waals surface area contributed by atoms with Crippen molar-refractivity contribution in [3.05, 3.63) is 52.1 Å². The van der Waals surface area contributed by atoms with Gasteiger partial charge in [0.25, 0.3) is 5.91 Å². The highest BCUT2D eigenvalue weighted by atomic mass is 79.9. The molecule has 0 spiro atoms. The average Bonchev–Trinajstić information content (AvgIpc) is 2.41. The van der Waals surface area contributed by atoms with Gasteiger partial charge in [0, 0.05) is 21.9 Å². The first-order chi connectivity index (χ1) is 9.10. The van der Waals surface area contributed by atoms with Gasteiger partial charge in [0.2, 0.25) is 0 Å². The summed E-state index contributed by atoms with van der Waals surface area (Å²) in [6.07, 6.45) is 1.63. The van der Waals surface area contributed by atoms with Crippen LogP contribution in [0.2, 0.25) is 0 Å². The molecule has 0 aliphatic rings. The number of halogens is 1. The van der Waals surface area contributed by atoms with Crippen LogP contribution in [0.1, 0.15) is 15.9 Å². The van der Waals surface area contributed by atoms with Crippen molar-refractivity contribution in [1.29, 1.82) is 0 Å². The molecule has 0 fully saturated rings. The lowest BCUT2D eigenvalue weighted by atomic mass is 10.1. The Morgan fingerprint density at radius 2 is 2.11 bits per heavy atom. The van der Waals surface area contributed by atoms with Gasteiger partial charge in [0.05, 0.1) is 0 Å². The number of nitrogens with two attached hydrogens (primary N) is 1. The van der Waals surface area contributed by atoms with Gasteiger partial charge in [0.1, 0.15) is 5.82 Å². The number of aryl methyl sites for hydroxylation is 1. The lowest BCUT2D eigenvalue weighted by Crippen LogP contribution is -2.15. The van der Waals surface area contributed by atoms with Gasteiger partial charge in [0.15, 0.2) is 0 Å². The number of anilines is 2. The molecule has 6 heteroatoms. The first-order valence-electron chi connectivity index (χ1n) is 5.60. The zero-order chi connectivity index (χ0) is 13.8. The minimum atomic E-state index is -0.198. The number of carbonyl (C=O) groups excluding carboxylic acids is 1. The van der Waals surface area contributed by atoms with Crippen molar-refractivity contribution in [2.75, 3.05) is 10.7 Å². The largest absolute Gasteiger partial charge is 0.324 e. The Hall–Kier alpha value is -1.92. The summed E-state index contributed by atoms with van der Waals surface area (Å²) >= 11 is 3.29. The van der Waals surface area contributed by atoms with E-state index in [1.807, 2.05) is 19.1 Å².